The second-order valence-corrected chi connectivity index (χ2v) is 7.51. The molecule has 1 aliphatic rings. The van der Waals surface area contributed by atoms with Crippen LogP contribution in [-0.2, 0) is 21.2 Å². The van der Waals surface area contributed by atoms with E-state index in [1.54, 1.807) is 37.4 Å². The standard InChI is InChI=1S/C16H14N6O3S/c1-21-15-7-6-14(8-11(15)9-16(21)23)26(24,25)18-12-2-4-13(5-3-12)22-10-17-19-20-22/h2-8,10,18H,9H2,1H3. The summed E-state index contributed by atoms with van der Waals surface area (Å²) in [7, 11) is -2.09. The number of hydrogen-bond donors (Lipinski definition) is 1. The molecule has 1 aromatic heterocycles. The van der Waals surface area contributed by atoms with Crippen LogP contribution >= 0.6 is 0 Å². The SMILES string of the molecule is CN1C(=O)Cc2cc(S(=O)(=O)Nc3ccc(-n4cnnn4)cc3)ccc21. The maximum Gasteiger partial charge on any atom is 0.261 e. The number of nitrogens with zero attached hydrogens (tertiary/aromatic N) is 5. The number of tetrazole rings is 1. The summed E-state index contributed by atoms with van der Waals surface area (Å²) in [6.45, 7) is 0. The Morgan fingerprint density at radius 1 is 1.12 bits per heavy atom. The topological polar surface area (TPSA) is 110 Å². The van der Waals surface area contributed by atoms with Crippen molar-refractivity contribution in [1.29, 1.82) is 0 Å². The number of rotatable bonds is 4. The van der Waals surface area contributed by atoms with E-state index in [1.165, 1.54) is 28.0 Å². The van der Waals surface area contributed by atoms with Gasteiger partial charge in [-0.15, -0.1) is 5.10 Å². The molecule has 9 nitrogen and oxygen atoms in total. The molecule has 0 spiro atoms. The molecule has 132 valence electrons. The molecule has 0 saturated carbocycles. The van der Waals surface area contributed by atoms with Crippen molar-refractivity contribution in [3.8, 4) is 5.69 Å². The smallest absolute Gasteiger partial charge is 0.261 e. The predicted molar refractivity (Wildman–Crippen MR) is 93.5 cm³/mol. The van der Waals surface area contributed by atoms with Crippen LogP contribution in [0.3, 0.4) is 0 Å². The third-order valence-corrected chi connectivity index (χ3v) is 5.55. The number of aromatic nitrogens is 4. The Bertz CT molecular complexity index is 1080. The highest BCUT2D eigenvalue weighted by atomic mass is 32.2. The molecule has 1 aliphatic heterocycles. The van der Waals surface area contributed by atoms with E-state index in [0.717, 1.165) is 5.69 Å². The molecule has 0 unspecified atom stereocenters. The number of likely N-dealkylation sites (N-methyl/N-ethyl adjacent to an activating group) is 1. The average molecular weight is 370 g/mol. The molecule has 0 bridgehead atoms. The molecular weight excluding hydrogens is 356 g/mol. The van der Waals surface area contributed by atoms with Crippen molar-refractivity contribution in [2.75, 3.05) is 16.7 Å². The molecule has 0 aliphatic carbocycles. The Kier molecular flexibility index (Phi) is 3.69. The molecule has 0 saturated heterocycles. The molecule has 10 heteroatoms. The van der Waals surface area contributed by atoms with Crippen LogP contribution in [0.4, 0.5) is 11.4 Å². The zero-order valence-corrected chi connectivity index (χ0v) is 14.5. The number of carbonyl (C=O) groups excluding carboxylic acids is 1. The van der Waals surface area contributed by atoms with Crippen molar-refractivity contribution < 1.29 is 13.2 Å². The molecule has 2 heterocycles. The number of hydrogen-bond acceptors (Lipinski definition) is 6. The summed E-state index contributed by atoms with van der Waals surface area (Å²) in [5.41, 5.74) is 2.56. The van der Waals surface area contributed by atoms with Gasteiger partial charge in [-0.1, -0.05) is 0 Å². The first-order valence-corrected chi connectivity index (χ1v) is 9.18. The van der Waals surface area contributed by atoms with Gasteiger partial charge in [-0.3, -0.25) is 9.52 Å². The third-order valence-electron chi connectivity index (χ3n) is 4.17. The van der Waals surface area contributed by atoms with Crippen molar-refractivity contribution in [3.05, 3.63) is 54.4 Å². The minimum atomic E-state index is -3.76. The first kappa shape index (κ1) is 16.2. The summed E-state index contributed by atoms with van der Waals surface area (Å²) in [5, 5.41) is 10.9. The first-order valence-electron chi connectivity index (χ1n) is 7.70. The summed E-state index contributed by atoms with van der Waals surface area (Å²) in [5.74, 6) is -0.0549. The average Bonchev–Trinajstić information content (AvgIpc) is 3.24. The molecule has 26 heavy (non-hydrogen) atoms. The number of anilines is 2. The number of nitrogens with one attached hydrogen (secondary N) is 1. The van der Waals surface area contributed by atoms with Crippen molar-refractivity contribution in [2.45, 2.75) is 11.3 Å². The zero-order valence-electron chi connectivity index (χ0n) is 13.7. The monoisotopic (exact) mass is 370 g/mol. The van der Waals surface area contributed by atoms with Gasteiger partial charge in [-0.25, -0.2) is 13.1 Å². The van der Waals surface area contributed by atoms with Crippen LogP contribution in [-0.4, -0.2) is 41.6 Å². The van der Waals surface area contributed by atoms with Gasteiger partial charge in [0, 0.05) is 18.4 Å². The lowest BCUT2D eigenvalue weighted by Gasteiger charge is -2.12. The molecule has 3 aromatic rings. The molecule has 0 radical (unpaired) electrons. The fourth-order valence-electron chi connectivity index (χ4n) is 2.79. The lowest BCUT2D eigenvalue weighted by atomic mass is 10.2. The van der Waals surface area contributed by atoms with Gasteiger partial charge in [0.15, 0.2) is 0 Å². The molecular formula is C16H14N6O3S. The summed E-state index contributed by atoms with van der Waals surface area (Å²) in [6.07, 6.45) is 1.65. The van der Waals surface area contributed by atoms with E-state index in [2.05, 4.69) is 20.2 Å². The fourth-order valence-corrected chi connectivity index (χ4v) is 3.90. The molecule has 4 rings (SSSR count). The zero-order chi connectivity index (χ0) is 18.3. The predicted octanol–water partition coefficient (Wildman–Crippen LogP) is 0.982. The Labute approximate surface area is 149 Å². The maximum atomic E-state index is 12.6. The van der Waals surface area contributed by atoms with Crippen LogP contribution in [0.5, 0.6) is 0 Å². The maximum absolute atomic E-state index is 12.6. The molecule has 2 aromatic carbocycles. The summed E-state index contributed by atoms with van der Waals surface area (Å²) in [6, 6.07) is 11.3. The normalized spacial score (nSPS) is 13.7. The van der Waals surface area contributed by atoms with Gasteiger partial charge >= 0.3 is 0 Å². The highest BCUT2D eigenvalue weighted by Crippen LogP contribution is 2.30. The van der Waals surface area contributed by atoms with Gasteiger partial charge in [0.05, 0.1) is 17.0 Å². The van der Waals surface area contributed by atoms with Gasteiger partial charge in [-0.2, -0.15) is 0 Å². The Morgan fingerprint density at radius 2 is 1.88 bits per heavy atom. The number of sulfonamides is 1. The van der Waals surface area contributed by atoms with Crippen molar-refractivity contribution in [2.24, 2.45) is 0 Å². The minimum Gasteiger partial charge on any atom is -0.315 e. The van der Waals surface area contributed by atoms with Crippen LogP contribution in [0.2, 0.25) is 0 Å². The van der Waals surface area contributed by atoms with E-state index in [9.17, 15) is 13.2 Å². The van der Waals surface area contributed by atoms with Gasteiger partial charge in [0.2, 0.25) is 5.91 Å². The summed E-state index contributed by atoms with van der Waals surface area (Å²) in [4.78, 5) is 13.4. The fraction of sp³-hybridized carbons (Fsp3) is 0.125. The van der Waals surface area contributed by atoms with Gasteiger partial charge in [-0.05, 0) is 58.5 Å². The van der Waals surface area contributed by atoms with Gasteiger partial charge < -0.3 is 4.90 Å². The number of benzene rings is 2. The number of fused-ring (bicyclic) bond motifs is 1. The van der Waals surface area contributed by atoms with Crippen molar-refractivity contribution >= 4 is 27.3 Å². The molecule has 0 atom stereocenters. The Balaban J connectivity index is 1.58. The van der Waals surface area contributed by atoms with Crippen molar-refractivity contribution in [3.63, 3.8) is 0 Å². The van der Waals surface area contributed by atoms with E-state index in [4.69, 9.17) is 0 Å². The van der Waals surface area contributed by atoms with Crippen molar-refractivity contribution in [1.82, 2.24) is 20.2 Å². The summed E-state index contributed by atoms with van der Waals surface area (Å²) >= 11 is 0. The second kappa shape index (κ2) is 5.92. The first-order chi connectivity index (χ1) is 12.4. The minimum absolute atomic E-state index is 0.0549. The second-order valence-electron chi connectivity index (χ2n) is 5.83. The van der Waals surface area contributed by atoms with Gasteiger partial charge in [0.25, 0.3) is 10.0 Å². The lowest BCUT2D eigenvalue weighted by molar-refractivity contribution is -0.117. The van der Waals surface area contributed by atoms with E-state index in [0.29, 0.717) is 16.9 Å². The van der Waals surface area contributed by atoms with Crippen LogP contribution < -0.4 is 9.62 Å². The highest BCUT2D eigenvalue weighted by molar-refractivity contribution is 7.92. The van der Waals surface area contributed by atoms with Crippen LogP contribution in [0.1, 0.15) is 5.56 Å². The van der Waals surface area contributed by atoms with Crippen LogP contribution in [0, 0.1) is 0 Å². The van der Waals surface area contributed by atoms with E-state index in [-0.39, 0.29) is 17.2 Å². The van der Waals surface area contributed by atoms with Gasteiger partial charge in [0.1, 0.15) is 6.33 Å². The van der Waals surface area contributed by atoms with E-state index in [1.807, 2.05) is 0 Å². The summed E-state index contributed by atoms with van der Waals surface area (Å²) < 4.78 is 29.3. The molecule has 0 fully saturated rings. The molecule has 1 N–H and O–H groups in total. The van der Waals surface area contributed by atoms with Crippen LogP contribution in [0.25, 0.3) is 5.69 Å². The van der Waals surface area contributed by atoms with E-state index >= 15 is 0 Å². The molecule has 1 amide bonds. The lowest BCUT2D eigenvalue weighted by Crippen LogP contribution is -2.20. The Hall–Kier alpha value is -3.27. The Morgan fingerprint density at radius 3 is 2.58 bits per heavy atom. The van der Waals surface area contributed by atoms with E-state index < -0.39 is 10.0 Å². The highest BCUT2D eigenvalue weighted by Gasteiger charge is 2.26. The number of amides is 1. The largest absolute Gasteiger partial charge is 0.315 e. The third kappa shape index (κ3) is 2.80. The van der Waals surface area contributed by atoms with Crippen LogP contribution in [0.15, 0.2) is 53.7 Å². The number of carbonyl (C=O) groups is 1. The quantitative estimate of drug-likeness (QED) is 0.733.